The summed E-state index contributed by atoms with van der Waals surface area (Å²) >= 11 is 0. The lowest BCUT2D eigenvalue weighted by molar-refractivity contribution is -0.380. The molecule has 534 valence electrons. The van der Waals surface area contributed by atoms with Crippen LogP contribution in [0.2, 0.25) is 0 Å². The third-order valence-electron chi connectivity index (χ3n) is 18.2. The summed E-state index contributed by atoms with van der Waals surface area (Å²) in [5, 5.41) is 0. The molecule has 4 aliphatic rings. The lowest BCUT2D eigenvalue weighted by Crippen LogP contribution is -2.70. The summed E-state index contributed by atoms with van der Waals surface area (Å²) in [4.78, 5) is 47.5. The van der Waals surface area contributed by atoms with E-state index in [0.29, 0.717) is 12.8 Å². The number of benzene rings is 8. The fourth-order valence-electron chi connectivity index (χ4n) is 12.9. The maximum atomic E-state index is 15.7. The predicted molar refractivity (Wildman–Crippen MR) is 380 cm³/mol. The molecule has 18 nitrogen and oxygen atoms in total. The molecule has 0 aliphatic carbocycles. The van der Waals surface area contributed by atoms with Crippen molar-refractivity contribution in [3.05, 3.63) is 299 Å². The van der Waals surface area contributed by atoms with E-state index >= 15 is 9.59 Å². The van der Waals surface area contributed by atoms with Gasteiger partial charge in [-0.2, -0.15) is 0 Å². The van der Waals surface area contributed by atoms with Crippen LogP contribution in [0.4, 0.5) is 0 Å². The molecule has 0 aromatic heterocycles. The number of ether oxygens (including phenoxy) is 14. The Morgan fingerprint density at radius 1 is 0.431 bits per heavy atom. The maximum absolute atomic E-state index is 15.7. The molecule has 12 rings (SSSR count). The van der Waals surface area contributed by atoms with Crippen molar-refractivity contribution >= 4 is 17.8 Å². The molecule has 0 radical (unpaired) electrons. The Morgan fingerprint density at radius 2 is 0.814 bits per heavy atom. The molecule has 3 saturated heterocycles. The number of nitrogens with zero attached hydrogens (tertiary/aromatic N) is 1. The third-order valence-corrected chi connectivity index (χ3v) is 18.2. The fraction of sp³-hybridized carbons (Fsp3) is 0.369. The van der Waals surface area contributed by atoms with Crippen molar-refractivity contribution in [1.29, 1.82) is 0 Å². The SMILES string of the molecule is C=CCCCO[C@H]1OC[C@@H](OCc2ccccc2)[C@H](OCc2ccccc2)C1O[C@@H]1OC(COCc2ccccc2)[C@@H](O[C@@H]2OC(COCc3ccccc3)[C@H](OCc3ccccc3)[C@H](OCc3ccccc3)C2OC(=O)C(C)(C)C)[C@H](OCc2ccccc2)C1N1C(=O)c2ccccc2C1=O. The first kappa shape index (κ1) is 73.3. The number of allylic oxidation sites excluding steroid dienone is 1. The lowest BCUT2D eigenvalue weighted by atomic mass is 9.93. The Balaban J connectivity index is 1.01. The van der Waals surface area contributed by atoms with Gasteiger partial charge in [-0.1, -0.05) is 231 Å². The smallest absolute Gasteiger partial charge is 0.311 e. The zero-order chi connectivity index (χ0) is 70.5. The van der Waals surface area contributed by atoms with Crippen molar-refractivity contribution in [2.75, 3.05) is 26.4 Å². The van der Waals surface area contributed by atoms with E-state index in [-0.39, 0.29) is 83.8 Å². The van der Waals surface area contributed by atoms with Gasteiger partial charge in [0, 0.05) is 0 Å². The van der Waals surface area contributed by atoms with Crippen LogP contribution in [-0.2, 0) is 117 Å². The molecule has 8 aromatic carbocycles. The van der Waals surface area contributed by atoms with Crippen molar-refractivity contribution in [3.63, 3.8) is 0 Å². The highest BCUT2D eigenvalue weighted by atomic mass is 16.8. The Kier molecular flexibility index (Phi) is 26.3. The number of amides is 2. The molecule has 2 amide bonds. The van der Waals surface area contributed by atoms with Gasteiger partial charge >= 0.3 is 5.97 Å². The predicted octanol–water partition coefficient (Wildman–Crippen LogP) is 13.5. The summed E-state index contributed by atoms with van der Waals surface area (Å²) in [5.74, 6) is -1.88. The molecule has 14 atom stereocenters. The third kappa shape index (κ3) is 19.4. The van der Waals surface area contributed by atoms with E-state index in [1.807, 2.05) is 218 Å². The van der Waals surface area contributed by atoms with Crippen LogP contribution in [0.25, 0.3) is 0 Å². The van der Waals surface area contributed by atoms with Crippen LogP contribution in [-0.4, -0.2) is 135 Å². The molecule has 0 saturated carbocycles. The van der Waals surface area contributed by atoms with Gasteiger partial charge in [-0.25, -0.2) is 0 Å². The van der Waals surface area contributed by atoms with Crippen molar-refractivity contribution < 1.29 is 80.7 Å². The highest BCUT2D eigenvalue weighted by Gasteiger charge is 2.60. The summed E-state index contributed by atoms with van der Waals surface area (Å²) in [5.41, 5.74) is 5.24. The van der Waals surface area contributed by atoms with Crippen molar-refractivity contribution in [2.45, 2.75) is 166 Å². The standard InChI is InChI=1S/C84H91NO17/c1-5-6-30-47-91-81-76(71(93-51-61-37-20-10-21-38-61)67(57-97-81)92-50-60-35-18-9-19-36-60)101-80-70(85-78(86)65-45-28-29-46-66(65)79(85)87)74(95-53-63-41-24-12-25-42-63)73(69(98-80)56-90-49-59-33-16-8-17-34-59)100-82-77(102-83(88)84(2,3)4)75(96-54-64-43-26-13-27-44-64)72(94-52-62-39-22-11-23-40-62)68(99-82)55-89-48-58-31-14-7-15-32-58/h5,7-29,31-46,67-77,80-82H,1,6,30,47-57H2,2-4H3/t67-,68?,69?,70?,71+,72+,73-,74-,75+,76?,77?,80+,81+,82+/m1/s1. The van der Waals surface area contributed by atoms with E-state index in [2.05, 4.69) is 6.58 Å². The number of carbonyl (C=O) groups excluding carboxylic acids is 3. The Labute approximate surface area is 597 Å². The Morgan fingerprint density at radius 3 is 1.26 bits per heavy atom. The molecule has 0 spiro atoms. The fourth-order valence-corrected chi connectivity index (χ4v) is 12.9. The number of unbranched alkanes of at least 4 members (excludes halogenated alkanes) is 1. The number of esters is 1. The summed E-state index contributed by atoms with van der Waals surface area (Å²) in [6, 6.07) is 73.0. The first-order valence-corrected chi connectivity index (χ1v) is 35.1. The van der Waals surface area contributed by atoms with E-state index in [1.54, 1.807) is 45.0 Å². The number of hydrogen-bond acceptors (Lipinski definition) is 17. The Hall–Kier alpha value is -8.41. The molecule has 4 aliphatic heterocycles. The number of carbonyl (C=O) groups is 3. The molecule has 4 heterocycles. The minimum Gasteiger partial charge on any atom is -0.454 e. The van der Waals surface area contributed by atoms with Crippen LogP contribution in [0.15, 0.2) is 249 Å². The van der Waals surface area contributed by atoms with E-state index in [4.69, 9.17) is 66.3 Å². The molecule has 0 bridgehead atoms. The number of imide groups is 1. The zero-order valence-corrected chi connectivity index (χ0v) is 58.0. The van der Waals surface area contributed by atoms with Crippen molar-refractivity contribution in [2.24, 2.45) is 5.41 Å². The van der Waals surface area contributed by atoms with Gasteiger partial charge in [-0.05, 0) is 84.7 Å². The first-order chi connectivity index (χ1) is 49.9. The van der Waals surface area contributed by atoms with Crippen LogP contribution >= 0.6 is 0 Å². The van der Waals surface area contributed by atoms with Gasteiger partial charge in [0.05, 0.1) is 89.2 Å². The van der Waals surface area contributed by atoms with E-state index in [1.165, 1.54) is 0 Å². The monoisotopic (exact) mass is 1390 g/mol. The minimum absolute atomic E-state index is 0.0369. The van der Waals surface area contributed by atoms with Crippen LogP contribution in [0.1, 0.15) is 93.3 Å². The van der Waals surface area contributed by atoms with Crippen LogP contribution in [0.5, 0.6) is 0 Å². The summed E-state index contributed by atoms with van der Waals surface area (Å²) in [7, 11) is 0. The quantitative estimate of drug-likeness (QED) is 0.0160. The van der Waals surface area contributed by atoms with Gasteiger partial charge < -0.3 is 66.3 Å². The van der Waals surface area contributed by atoms with Gasteiger partial charge in [0.2, 0.25) is 0 Å². The minimum atomic E-state index is -1.61. The normalized spacial score (nSPS) is 25.0. The number of rotatable bonds is 34. The van der Waals surface area contributed by atoms with E-state index in [0.717, 1.165) is 43.8 Å². The molecule has 3 fully saturated rings. The van der Waals surface area contributed by atoms with Crippen LogP contribution < -0.4 is 0 Å². The van der Waals surface area contributed by atoms with Gasteiger partial charge in [0.25, 0.3) is 11.8 Å². The molecule has 18 heteroatoms. The van der Waals surface area contributed by atoms with Crippen molar-refractivity contribution in [1.82, 2.24) is 4.90 Å². The Bertz CT molecular complexity index is 3820. The second kappa shape index (κ2) is 36.6. The first-order valence-electron chi connectivity index (χ1n) is 35.1. The second-order valence-electron chi connectivity index (χ2n) is 26.8. The summed E-state index contributed by atoms with van der Waals surface area (Å²) in [6.07, 6.45) is -12.7. The highest BCUT2D eigenvalue weighted by molar-refractivity contribution is 6.21. The lowest BCUT2D eigenvalue weighted by Gasteiger charge is -2.52. The van der Waals surface area contributed by atoms with Gasteiger partial charge in [0.15, 0.2) is 25.0 Å². The molecule has 8 aromatic rings. The van der Waals surface area contributed by atoms with E-state index < -0.39 is 109 Å². The summed E-state index contributed by atoms with van der Waals surface area (Å²) < 4.78 is 99.3. The number of fused-ring (bicyclic) bond motifs is 1. The average molecular weight is 1390 g/mol. The molecule has 0 N–H and O–H groups in total. The van der Waals surface area contributed by atoms with Gasteiger partial charge in [0.1, 0.15) is 61.0 Å². The zero-order valence-electron chi connectivity index (χ0n) is 58.0. The highest BCUT2D eigenvalue weighted by Crippen LogP contribution is 2.42. The van der Waals surface area contributed by atoms with Crippen LogP contribution in [0.3, 0.4) is 0 Å². The molecular formula is C84H91NO17. The van der Waals surface area contributed by atoms with E-state index in [9.17, 15) is 4.79 Å². The number of hydrogen-bond donors (Lipinski definition) is 0. The second-order valence-corrected chi connectivity index (χ2v) is 26.8. The molecule has 5 unspecified atom stereocenters. The summed E-state index contributed by atoms with van der Waals surface area (Å²) in [6.45, 7) is 9.95. The molecular weight excluding hydrogens is 1290 g/mol. The largest absolute Gasteiger partial charge is 0.454 e. The average Bonchev–Trinajstić information content (AvgIpc) is 1.02. The topological polar surface area (TPSA) is 184 Å². The van der Waals surface area contributed by atoms with Gasteiger partial charge in [-0.3, -0.25) is 19.3 Å². The van der Waals surface area contributed by atoms with Gasteiger partial charge in [-0.15, -0.1) is 6.58 Å². The molecule has 102 heavy (non-hydrogen) atoms. The van der Waals surface area contributed by atoms with Crippen molar-refractivity contribution in [3.8, 4) is 0 Å². The maximum Gasteiger partial charge on any atom is 0.311 e. The van der Waals surface area contributed by atoms with Crippen LogP contribution in [0, 0.1) is 5.41 Å².